The minimum atomic E-state index is -0.194. The maximum absolute atomic E-state index is 12.2. The molecule has 3 heteroatoms. The van der Waals surface area contributed by atoms with Crippen molar-refractivity contribution in [2.45, 2.75) is 46.5 Å². The van der Waals surface area contributed by atoms with Crippen LogP contribution in [0, 0.1) is 0 Å². The van der Waals surface area contributed by atoms with Crippen molar-refractivity contribution in [1.82, 2.24) is 5.43 Å². The molecule has 0 aromatic heterocycles. The van der Waals surface area contributed by atoms with Gasteiger partial charge in [0.25, 0.3) is 5.91 Å². The Morgan fingerprint density at radius 2 is 1.50 bits per heavy atom. The summed E-state index contributed by atoms with van der Waals surface area (Å²) in [4.78, 5) is 12.2. The summed E-state index contributed by atoms with van der Waals surface area (Å²) in [6.45, 7) is 10.5. The first-order chi connectivity index (χ1) is 11.3. The fourth-order valence-electron chi connectivity index (χ4n) is 2.37. The van der Waals surface area contributed by atoms with Crippen molar-refractivity contribution in [1.29, 1.82) is 0 Å². The number of rotatable bonds is 4. The molecule has 0 aliphatic heterocycles. The zero-order valence-electron chi connectivity index (χ0n) is 15.2. The molecule has 0 unspecified atom stereocenters. The summed E-state index contributed by atoms with van der Waals surface area (Å²) in [6, 6.07) is 15.9. The van der Waals surface area contributed by atoms with Crippen molar-refractivity contribution in [3.63, 3.8) is 0 Å². The van der Waals surface area contributed by atoms with E-state index < -0.39 is 0 Å². The van der Waals surface area contributed by atoms with Crippen molar-refractivity contribution >= 4 is 11.6 Å². The van der Waals surface area contributed by atoms with Crippen LogP contribution < -0.4 is 5.43 Å². The quantitative estimate of drug-likeness (QED) is 0.643. The molecule has 3 nitrogen and oxygen atoms in total. The fourth-order valence-corrected chi connectivity index (χ4v) is 2.37. The second kappa shape index (κ2) is 7.43. The van der Waals surface area contributed by atoms with Gasteiger partial charge in [-0.1, -0.05) is 64.1 Å². The van der Waals surface area contributed by atoms with E-state index in [0.717, 1.165) is 17.7 Å². The highest BCUT2D eigenvalue weighted by Crippen LogP contribution is 2.22. The van der Waals surface area contributed by atoms with E-state index in [0.29, 0.717) is 5.56 Å². The molecule has 2 rings (SSSR count). The molecule has 126 valence electrons. The number of hydrazone groups is 1. The Morgan fingerprint density at radius 1 is 0.958 bits per heavy atom. The van der Waals surface area contributed by atoms with Gasteiger partial charge in [-0.05, 0) is 47.6 Å². The molecule has 0 saturated heterocycles. The highest BCUT2D eigenvalue weighted by molar-refractivity contribution is 6.00. The number of hydrogen-bond donors (Lipinski definition) is 1. The Balaban J connectivity index is 2.05. The van der Waals surface area contributed by atoms with Gasteiger partial charge in [0, 0.05) is 5.56 Å². The topological polar surface area (TPSA) is 41.5 Å². The summed E-state index contributed by atoms with van der Waals surface area (Å²) in [5, 5.41) is 4.21. The highest BCUT2D eigenvalue weighted by Gasteiger charge is 2.14. The maximum atomic E-state index is 12.2. The molecule has 0 spiro atoms. The Labute approximate surface area is 144 Å². The first-order valence-corrected chi connectivity index (χ1v) is 8.35. The van der Waals surface area contributed by atoms with Crippen LogP contribution in [0.25, 0.3) is 0 Å². The van der Waals surface area contributed by atoms with Gasteiger partial charge >= 0.3 is 0 Å². The van der Waals surface area contributed by atoms with E-state index in [-0.39, 0.29) is 11.3 Å². The van der Waals surface area contributed by atoms with Gasteiger partial charge in [-0.25, -0.2) is 5.43 Å². The van der Waals surface area contributed by atoms with Crippen molar-refractivity contribution in [3.05, 3.63) is 70.8 Å². The largest absolute Gasteiger partial charge is 0.271 e. The van der Waals surface area contributed by atoms with Crippen molar-refractivity contribution in [3.8, 4) is 0 Å². The third-order valence-electron chi connectivity index (χ3n) is 4.12. The Morgan fingerprint density at radius 3 is 2.00 bits per heavy atom. The second-order valence-corrected chi connectivity index (χ2v) is 7.02. The lowest BCUT2D eigenvalue weighted by atomic mass is 9.87. The molecule has 1 amide bonds. The minimum Gasteiger partial charge on any atom is -0.267 e. The predicted molar refractivity (Wildman–Crippen MR) is 101 cm³/mol. The molecule has 0 aliphatic rings. The third kappa shape index (κ3) is 4.54. The van der Waals surface area contributed by atoms with Crippen LogP contribution >= 0.6 is 0 Å². The number of aryl methyl sites for hydroxylation is 1. The lowest BCUT2D eigenvalue weighted by molar-refractivity contribution is 0.0955. The number of nitrogens with zero attached hydrogens (tertiary/aromatic N) is 1. The summed E-state index contributed by atoms with van der Waals surface area (Å²) >= 11 is 0. The Hall–Kier alpha value is -2.42. The van der Waals surface area contributed by atoms with Crippen LogP contribution in [0.1, 0.15) is 61.7 Å². The van der Waals surface area contributed by atoms with E-state index in [1.54, 1.807) is 0 Å². The number of carbonyl (C=O) groups excluding carboxylic acids is 1. The van der Waals surface area contributed by atoms with Crippen LogP contribution in [0.3, 0.4) is 0 Å². The monoisotopic (exact) mass is 322 g/mol. The van der Waals surface area contributed by atoms with Crippen LogP contribution in [0.15, 0.2) is 53.6 Å². The molecular formula is C21H26N2O. The molecule has 0 fully saturated rings. The highest BCUT2D eigenvalue weighted by atomic mass is 16.2. The second-order valence-electron chi connectivity index (χ2n) is 7.02. The first-order valence-electron chi connectivity index (χ1n) is 8.35. The third-order valence-corrected chi connectivity index (χ3v) is 4.12. The summed E-state index contributed by atoms with van der Waals surface area (Å²) in [5.74, 6) is -0.194. The number of benzene rings is 2. The molecule has 2 aromatic rings. The molecule has 0 aliphatic carbocycles. The van der Waals surface area contributed by atoms with Crippen LogP contribution in [0.2, 0.25) is 0 Å². The van der Waals surface area contributed by atoms with E-state index in [4.69, 9.17) is 0 Å². The summed E-state index contributed by atoms with van der Waals surface area (Å²) in [5.41, 5.74) is 7.61. The first kappa shape index (κ1) is 17.9. The van der Waals surface area contributed by atoms with Gasteiger partial charge < -0.3 is 0 Å². The SMILES string of the molecule is CCc1ccc(/C(C)=N/NC(=O)c2ccc(C(C)(C)C)cc2)cc1. The van der Waals surface area contributed by atoms with Crippen molar-refractivity contribution in [2.75, 3.05) is 0 Å². The smallest absolute Gasteiger partial charge is 0.267 e. The van der Waals surface area contributed by atoms with Gasteiger partial charge in [0.1, 0.15) is 0 Å². The summed E-state index contributed by atoms with van der Waals surface area (Å²) in [7, 11) is 0. The zero-order valence-corrected chi connectivity index (χ0v) is 15.2. The van der Waals surface area contributed by atoms with Crippen LogP contribution in [0.5, 0.6) is 0 Å². The predicted octanol–water partition coefficient (Wildman–Crippen LogP) is 4.70. The van der Waals surface area contributed by atoms with E-state index in [1.165, 1.54) is 11.1 Å². The minimum absolute atomic E-state index is 0.0778. The van der Waals surface area contributed by atoms with Crippen molar-refractivity contribution < 1.29 is 4.79 Å². The fraction of sp³-hybridized carbons (Fsp3) is 0.333. The van der Waals surface area contributed by atoms with Gasteiger partial charge in [0.05, 0.1) is 5.71 Å². The normalized spacial score (nSPS) is 12.1. The van der Waals surface area contributed by atoms with E-state index in [1.807, 2.05) is 43.3 Å². The number of nitrogens with one attached hydrogen (secondary N) is 1. The number of hydrogen-bond acceptors (Lipinski definition) is 2. The standard InChI is InChI=1S/C21H26N2O/c1-6-16-7-9-17(10-8-16)15(2)22-23-20(24)18-11-13-19(14-12-18)21(3,4)5/h7-14H,6H2,1-5H3,(H,23,24)/b22-15+. The molecular weight excluding hydrogens is 296 g/mol. The van der Waals surface area contributed by atoms with Gasteiger partial charge in [-0.2, -0.15) is 5.10 Å². The van der Waals surface area contributed by atoms with Gasteiger partial charge in [0.15, 0.2) is 0 Å². The summed E-state index contributed by atoms with van der Waals surface area (Å²) in [6.07, 6.45) is 1.01. The van der Waals surface area contributed by atoms with Crippen LogP contribution in [-0.4, -0.2) is 11.6 Å². The average molecular weight is 322 g/mol. The lowest BCUT2D eigenvalue weighted by Crippen LogP contribution is -2.20. The number of carbonyl (C=O) groups is 1. The zero-order chi connectivity index (χ0) is 17.7. The van der Waals surface area contributed by atoms with Crippen molar-refractivity contribution in [2.24, 2.45) is 5.10 Å². The Bertz CT molecular complexity index is 720. The molecule has 0 atom stereocenters. The molecule has 0 saturated carbocycles. The molecule has 0 bridgehead atoms. The Kier molecular flexibility index (Phi) is 5.55. The maximum Gasteiger partial charge on any atom is 0.271 e. The van der Waals surface area contributed by atoms with Gasteiger partial charge in [-0.15, -0.1) is 0 Å². The molecule has 0 radical (unpaired) electrons. The molecule has 2 aromatic carbocycles. The van der Waals surface area contributed by atoms with Crippen LogP contribution in [-0.2, 0) is 11.8 Å². The van der Waals surface area contributed by atoms with Crippen LogP contribution in [0.4, 0.5) is 0 Å². The van der Waals surface area contributed by atoms with E-state index >= 15 is 0 Å². The van der Waals surface area contributed by atoms with E-state index in [2.05, 4.69) is 50.4 Å². The van der Waals surface area contributed by atoms with Gasteiger partial charge in [0.2, 0.25) is 0 Å². The molecule has 0 heterocycles. The lowest BCUT2D eigenvalue weighted by Gasteiger charge is -2.18. The summed E-state index contributed by atoms with van der Waals surface area (Å²) < 4.78 is 0. The average Bonchev–Trinajstić information content (AvgIpc) is 2.58. The van der Waals surface area contributed by atoms with E-state index in [9.17, 15) is 4.79 Å². The molecule has 24 heavy (non-hydrogen) atoms. The molecule has 1 N–H and O–H groups in total. The van der Waals surface area contributed by atoms with Gasteiger partial charge in [-0.3, -0.25) is 4.79 Å². The number of amides is 1.